The summed E-state index contributed by atoms with van der Waals surface area (Å²) in [4.78, 5) is 35.3. The van der Waals surface area contributed by atoms with Crippen LogP contribution in [0, 0.1) is 13.8 Å². The number of anilines is 2. The van der Waals surface area contributed by atoms with Crippen molar-refractivity contribution >= 4 is 29.4 Å². The maximum atomic E-state index is 11.7. The standard InChI is InChI=1S/C19H25N7OS/c1-5-6-16(27)23-15-7-8-20-19(24-15)28-17-13(2)21-18(22-14(17)3)26-11-9-25(4)10-12-26/h5-8H,9-12H2,1-4H3,(H,20,23,24,27)/b6-5+. The summed E-state index contributed by atoms with van der Waals surface area (Å²) in [6.07, 6.45) is 4.76. The highest BCUT2D eigenvalue weighted by molar-refractivity contribution is 7.99. The third kappa shape index (κ3) is 5.05. The topological polar surface area (TPSA) is 87.1 Å². The van der Waals surface area contributed by atoms with Crippen LogP contribution < -0.4 is 10.2 Å². The molecule has 0 atom stereocenters. The molecule has 0 spiro atoms. The van der Waals surface area contributed by atoms with E-state index in [9.17, 15) is 4.79 Å². The molecule has 2 aromatic heterocycles. The number of likely N-dealkylation sites (N-methyl/N-ethyl adjacent to an activating group) is 1. The Balaban J connectivity index is 1.76. The van der Waals surface area contributed by atoms with Crippen molar-refractivity contribution in [3.63, 3.8) is 0 Å². The smallest absolute Gasteiger partial charge is 0.249 e. The van der Waals surface area contributed by atoms with Gasteiger partial charge in [-0.05, 0) is 51.7 Å². The van der Waals surface area contributed by atoms with Crippen molar-refractivity contribution in [2.75, 3.05) is 43.4 Å². The minimum Gasteiger partial charge on any atom is -0.338 e. The number of carbonyl (C=O) groups is 1. The molecule has 2 aromatic rings. The number of nitrogens with one attached hydrogen (secondary N) is 1. The molecule has 8 nitrogen and oxygen atoms in total. The van der Waals surface area contributed by atoms with Gasteiger partial charge in [0, 0.05) is 32.4 Å². The molecule has 3 heterocycles. The van der Waals surface area contributed by atoms with Gasteiger partial charge >= 0.3 is 0 Å². The van der Waals surface area contributed by atoms with Gasteiger partial charge in [-0.2, -0.15) is 0 Å². The summed E-state index contributed by atoms with van der Waals surface area (Å²) in [5.74, 6) is 1.02. The van der Waals surface area contributed by atoms with E-state index in [1.807, 2.05) is 13.8 Å². The van der Waals surface area contributed by atoms with E-state index >= 15 is 0 Å². The van der Waals surface area contributed by atoms with E-state index in [0.29, 0.717) is 11.0 Å². The predicted octanol–water partition coefficient (Wildman–Crippen LogP) is 2.30. The lowest BCUT2D eigenvalue weighted by molar-refractivity contribution is -0.111. The van der Waals surface area contributed by atoms with Gasteiger partial charge in [0.1, 0.15) is 5.82 Å². The highest BCUT2D eigenvalue weighted by Gasteiger charge is 2.19. The van der Waals surface area contributed by atoms with Gasteiger partial charge in [-0.25, -0.2) is 19.9 Å². The second-order valence-electron chi connectivity index (χ2n) is 6.63. The summed E-state index contributed by atoms with van der Waals surface area (Å²) in [7, 11) is 2.13. The fraction of sp³-hybridized carbons (Fsp3) is 0.421. The summed E-state index contributed by atoms with van der Waals surface area (Å²) < 4.78 is 0. The number of aromatic nitrogens is 4. The highest BCUT2D eigenvalue weighted by atomic mass is 32.2. The average Bonchev–Trinajstić information content (AvgIpc) is 2.65. The Labute approximate surface area is 169 Å². The minimum atomic E-state index is -0.218. The molecule has 0 saturated carbocycles. The number of aryl methyl sites for hydroxylation is 2. The molecule has 0 bridgehead atoms. The van der Waals surface area contributed by atoms with Crippen molar-refractivity contribution in [3.05, 3.63) is 35.8 Å². The Kier molecular flexibility index (Phi) is 6.58. The van der Waals surface area contributed by atoms with Gasteiger partial charge in [-0.1, -0.05) is 6.08 Å². The Morgan fingerprint density at radius 2 is 1.82 bits per heavy atom. The lowest BCUT2D eigenvalue weighted by Crippen LogP contribution is -2.45. The zero-order chi connectivity index (χ0) is 20.1. The maximum Gasteiger partial charge on any atom is 0.249 e. The van der Waals surface area contributed by atoms with E-state index in [-0.39, 0.29) is 5.91 Å². The van der Waals surface area contributed by atoms with Crippen LogP contribution in [0.4, 0.5) is 11.8 Å². The van der Waals surface area contributed by atoms with Crippen LogP contribution >= 0.6 is 11.8 Å². The highest BCUT2D eigenvalue weighted by Crippen LogP contribution is 2.31. The first-order chi connectivity index (χ1) is 13.5. The zero-order valence-electron chi connectivity index (χ0n) is 16.6. The van der Waals surface area contributed by atoms with Crippen LogP contribution in [0.2, 0.25) is 0 Å². The largest absolute Gasteiger partial charge is 0.338 e. The second kappa shape index (κ2) is 9.11. The van der Waals surface area contributed by atoms with E-state index in [2.05, 4.69) is 32.1 Å². The Morgan fingerprint density at radius 1 is 1.14 bits per heavy atom. The van der Waals surface area contributed by atoms with E-state index in [0.717, 1.165) is 48.4 Å². The van der Waals surface area contributed by atoms with E-state index in [4.69, 9.17) is 9.97 Å². The molecule has 3 rings (SSSR count). The number of nitrogens with zero attached hydrogens (tertiary/aromatic N) is 6. The van der Waals surface area contributed by atoms with Crippen LogP contribution in [0.15, 0.2) is 34.5 Å². The summed E-state index contributed by atoms with van der Waals surface area (Å²) >= 11 is 1.41. The number of piperazine rings is 1. The summed E-state index contributed by atoms with van der Waals surface area (Å²) in [5.41, 5.74) is 1.80. The second-order valence-corrected chi connectivity index (χ2v) is 7.61. The number of hydrogen-bond donors (Lipinski definition) is 1. The normalized spacial score (nSPS) is 15.2. The van der Waals surface area contributed by atoms with Crippen LogP contribution in [0.25, 0.3) is 0 Å². The fourth-order valence-corrected chi connectivity index (χ4v) is 3.68. The molecule has 0 unspecified atom stereocenters. The first-order valence-corrected chi connectivity index (χ1v) is 10.0. The quantitative estimate of drug-likeness (QED) is 0.605. The number of hydrogen-bond acceptors (Lipinski definition) is 8. The van der Waals surface area contributed by atoms with Crippen LogP contribution in [0.1, 0.15) is 18.3 Å². The van der Waals surface area contributed by atoms with E-state index in [1.165, 1.54) is 17.8 Å². The van der Waals surface area contributed by atoms with Crippen LogP contribution in [-0.4, -0.2) is 64.0 Å². The first kappa shape index (κ1) is 20.2. The molecule has 1 N–H and O–H groups in total. The maximum absolute atomic E-state index is 11.7. The summed E-state index contributed by atoms with van der Waals surface area (Å²) in [6.45, 7) is 9.63. The minimum absolute atomic E-state index is 0.218. The number of allylic oxidation sites excluding steroid dienone is 1. The van der Waals surface area contributed by atoms with Gasteiger partial charge in [0.15, 0.2) is 5.16 Å². The SMILES string of the molecule is C/C=C/C(=O)Nc1ccnc(Sc2c(C)nc(N3CCN(C)CC3)nc2C)n1. The fourth-order valence-electron chi connectivity index (χ4n) is 2.85. The molecule has 0 aliphatic carbocycles. The van der Waals surface area contributed by atoms with Crippen molar-refractivity contribution in [1.82, 2.24) is 24.8 Å². The van der Waals surface area contributed by atoms with Gasteiger partial charge < -0.3 is 15.1 Å². The molecule has 1 saturated heterocycles. The van der Waals surface area contributed by atoms with Crippen LogP contribution in [-0.2, 0) is 4.79 Å². The molecular formula is C19H25N7OS. The zero-order valence-corrected chi connectivity index (χ0v) is 17.5. The summed E-state index contributed by atoms with van der Waals surface area (Å²) in [6, 6.07) is 1.66. The van der Waals surface area contributed by atoms with Gasteiger partial charge in [-0.3, -0.25) is 4.79 Å². The Bertz CT molecular complexity index is 855. The third-order valence-electron chi connectivity index (χ3n) is 4.37. The molecule has 1 aliphatic heterocycles. The van der Waals surface area contributed by atoms with Crippen molar-refractivity contribution < 1.29 is 4.79 Å². The molecule has 1 fully saturated rings. The van der Waals surface area contributed by atoms with Crippen LogP contribution in [0.3, 0.4) is 0 Å². The molecule has 1 amide bonds. The molecule has 9 heteroatoms. The van der Waals surface area contributed by atoms with Gasteiger partial charge in [0.2, 0.25) is 11.9 Å². The van der Waals surface area contributed by atoms with Crippen molar-refractivity contribution in [2.24, 2.45) is 0 Å². The molecule has 1 aliphatic rings. The summed E-state index contributed by atoms with van der Waals surface area (Å²) in [5, 5.41) is 3.26. The van der Waals surface area contributed by atoms with Gasteiger partial charge in [0.05, 0.1) is 16.3 Å². The van der Waals surface area contributed by atoms with Crippen molar-refractivity contribution in [1.29, 1.82) is 0 Å². The molecule has 0 radical (unpaired) electrons. The molecule has 0 aromatic carbocycles. The lowest BCUT2D eigenvalue weighted by Gasteiger charge is -2.32. The van der Waals surface area contributed by atoms with Crippen LogP contribution in [0.5, 0.6) is 0 Å². The number of rotatable bonds is 5. The monoisotopic (exact) mass is 399 g/mol. The van der Waals surface area contributed by atoms with Crippen molar-refractivity contribution in [3.8, 4) is 0 Å². The predicted molar refractivity (Wildman–Crippen MR) is 111 cm³/mol. The van der Waals surface area contributed by atoms with Crippen molar-refractivity contribution in [2.45, 2.75) is 30.8 Å². The molecule has 28 heavy (non-hydrogen) atoms. The van der Waals surface area contributed by atoms with Gasteiger partial charge in [0.25, 0.3) is 0 Å². The number of carbonyl (C=O) groups excluding carboxylic acids is 1. The van der Waals surface area contributed by atoms with E-state index < -0.39 is 0 Å². The third-order valence-corrected chi connectivity index (χ3v) is 5.55. The van der Waals surface area contributed by atoms with Gasteiger partial charge in [-0.15, -0.1) is 0 Å². The first-order valence-electron chi connectivity index (χ1n) is 9.19. The number of amides is 1. The molecule has 148 valence electrons. The molecular weight excluding hydrogens is 374 g/mol. The van der Waals surface area contributed by atoms with E-state index in [1.54, 1.807) is 25.3 Å². The average molecular weight is 400 g/mol. The lowest BCUT2D eigenvalue weighted by atomic mass is 10.3. The Morgan fingerprint density at radius 3 is 2.46 bits per heavy atom. The Hall–Kier alpha value is -2.52.